The molecule has 4 heterocycles. The molecule has 6 rings (SSSR count). The number of fused-ring (bicyclic) bond motifs is 2. The van der Waals surface area contributed by atoms with Gasteiger partial charge in [-0.2, -0.15) is 17.6 Å². The second-order valence-electron chi connectivity index (χ2n) is 8.76. The van der Waals surface area contributed by atoms with Crippen molar-refractivity contribution in [1.29, 1.82) is 0 Å². The number of piperazine rings is 1. The van der Waals surface area contributed by atoms with Crippen LogP contribution in [0.4, 0.5) is 0 Å². The number of hydrogen-bond acceptors (Lipinski definition) is 8. The molecule has 1 atom stereocenters. The monoisotopic (exact) mass is 542 g/mol. The van der Waals surface area contributed by atoms with Crippen molar-refractivity contribution in [3.8, 4) is 11.5 Å². The lowest BCUT2D eigenvalue weighted by molar-refractivity contribution is 0.0929. The second-order valence-corrected chi connectivity index (χ2v) is 11.4. The molecule has 9 nitrogen and oxygen atoms in total. The van der Waals surface area contributed by atoms with Crippen molar-refractivity contribution >= 4 is 36.9 Å². The fourth-order valence-corrected chi connectivity index (χ4v) is 6.68. The van der Waals surface area contributed by atoms with Crippen LogP contribution in [0.1, 0.15) is 18.7 Å². The predicted molar refractivity (Wildman–Crippen MR) is 130 cm³/mol. The Kier molecular flexibility index (Phi) is 5.51. The van der Waals surface area contributed by atoms with Gasteiger partial charge in [0, 0.05) is 35.5 Å². The Morgan fingerprint density at radius 1 is 1.09 bits per heavy atom. The Hall–Kier alpha value is -2.60. The highest BCUT2D eigenvalue weighted by Crippen LogP contribution is 2.33. The van der Waals surface area contributed by atoms with E-state index in [1.54, 1.807) is 36.4 Å². The van der Waals surface area contributed by atoms with Gasteiger partial charge in [-0.05, 0) is 43.7 Å². The summed E-state index contributed by atoms with van der Waals surface area (Å²) in [6.07, 6.45) is 4.05. The van der Waals surface area contributed by atoms with E-state index in [4.69, 9.17) is 4.42 Å². The Labute approximate surface area is 205 Å². The summed E-state index contributed by atoms with van der Waals surface area (Å²) in [5.74, 6) is 0.899. The first kappa shape index (κ1) is 21.9. The summed E-state index contributed by atoms with van der Waals surface area (Å²) in [5.41, 5.74) is 1.07. The highest BCUT2D eigenvalue weighted by Gasteiger charge is 2.31. The van der Waals surface area contributed by atoms with Crippen LogP contribution in [-0.2, 0) is 16.6 Å². The summed E-state index contributed by atoms with van der Waals surface area (Å²) in [7, 11) is -3.85. The maximum atomic E-state index is 13.2. The van der Waals surface area contributed by atoms with E-state index in [0.29, 0.717) is 45.3 Å². The van der Waals surface area contributed by atoms with E-state index in [2.05, 4.69) is 41.0 Å². The number of nitrogens with zero attached hydrogens (tertiary/aromatic N) is 6. The van der Waals surface area contributed by atoms with Crippen LogP contribution in [0.15, 0.2) is 62.4 Å². The molecule has 2 saturated heterocycles. The smallest absolute Gasteiger partial charge is 0.283 e. The van der Waals surface area contributed by atoms with Gasteiger partial charge in [0.1, 0.15) is 0 Å². The summed E-state index contributed by atoms with van der Waals surface area (Å²) in [6.45, 7) is 4.89. The van der Waals surface area contributed by atoms with Crippen molar-refractivity contribution < 1.29 is 12.8 Å². The molecular formula is C23H23BrN6O3S. The van der Waals surface area contributed by atoms with Gasteiger partial charge in [0.25, 0.3) is 10.0 Å². The Balaban J connectivity index is 1.32. The molecular weight excluding hydrogens is 520 g/mol. The minimum absolute atomic E-state index is 0.170. The van der Waals surface area contributed by atoms with Crippen LogP contribution >= 0.6 is 15.9 Å². The Morgan fingerprint density at radius 3 is 2.79 bits per heavy atom. The third-order valence-electron chi connectivity index (χ3n) is 6.62. The molecule has 4 aromatic rings. The number of aromatic nitrogens is 4. The van der Waals surface area contributed by atoms with E-state index < -0.39 is 10.0 Å². The molecule has 34 heavy (non-hydrogen) atoms. The second kappa shape index (κ2) is 8.56. The number of rotatable bonds is 5. The maximum absolute atomic E-state index is 13.2. The van der Waals surface area contributed by atoms with Crippen molar-refractivity contribution in [2.75, 3.05) is 26.2 Å². The molecule has 2 aromatic carbocycles. The highest BCUT2D eigenvalue weighted by molar-refractivity contribution is 9.10. The summed E-state index contributed by atoms with van der Waals surface area (Å²) >= 11 is 3.50. The quantitative estimate of drug-likeness (QED) is 0.378. The van der Waals surface area contributed by atoms with Crippen LogP contribution in [0.25, 0.3) is 22.4 Å². The molecule has 2 fully saturated rings. The SMILES string of the molecule is O=S(=O)(c1ccccc1)n1ncc2c(-c3nnc(CN4CCN5CCC[C@H]5C4)o3)cc(Br)cc21. The van der Waals surface area contributed by atoms with Gasteiger partial charge in [0.2, 0.25) is 11.8 Å². The highest BCUT2D eigenvalue weighted by atomic mass is 79.9. The fraction of sp³-hybridized carbons (Fsp3) is 0.348. The lowest BCUT2D eigenvalue weighted by Gasteiger charge is -2.36. The van der Waals surface area contributed by atoms with Crippen LogP contribution in [0.3, 0.4) is 0 Å². The molecule has 0 spiro atoms. The Morgan fingerprint density at radius 2 is 1.94 bits per heavy atom. The van der Waals surface area contributed by atoms with Gasteiger partial charge in [-0.3, -0.25) is 9.80 Å². The molecule has 0 aliphatic carbocycles. The first-order chi connectivity index (χ1) is 16.5. The van der Waals surface area contributed by atoms with Crippen LogP contribution in [0, 0.1) is 0 Å². The van der Waals surface area contributed by atoms with Gasteiger partial charge in [-0.25, -0.2) is 0 Å². The number of hydrogen-bond donors (Lipinski definition) is 0. The third kappa shape index (κ3) is 3.86. The van der Waals surface area contributed by atoms with E-state index >= 15 is 0 Å². The van der Waals surface area contributed by atoms with Gasteiger partial charge in [0.05, 0.1) is 28.7 Å². The molecule has 0 radical (unpaired) electrons. The van der Waals surface area contributed by atoms with Gasteiger partial charge >= 0.3 is 0 Å². The van der Waals surface area contributed by atoms with Crippen LogP contribution < -0.4 is 0 Å². The average Bonchev–Trinajstić information content (AvgIpc) is 3.58. The lowest BCUT2D eigenvalue weighted by atomic mass is 10.1. The van der Waals surface area contributed by atoms with E-state index in [0.717, 1.165) is 23.7 Å². The summed E-state index contributed by atoms with van der Waals surface area (Å²) in [6, 6.07) is 12.4. The van der Waals surface area contributed by atoms with Gasteiger partial charge in [-0.15, -0.1) is 10.2 Å². The van der Waals surface area contributed by atoms with Crippen molar-refractivity contribution in [2.45, 2.75) is 30.3 Å². The Bertz CT molecular complexity index is 1450. The molecule has 0 bridgehead atoms. The first-order valence-electron chi connectivity index (χ1n) is 11.3. The first-order valence-corrected chi connectivity index (χ1v) is 13.5. The van der Waals surface area contributed by atoms with Crippen molar-refractivity contribution in [3.05, 3.63) is 59.0 Å². The van der Waals surface area contributed by atoms with Crippen molar-refractivity contribution in [3.63, 3.8) is 0 Å². The van der Waals surface area contributed by atoms with Crippen LogP contribution in [0.5, 0.6) is 0 Å². The number of benzene rings is 2. The summed E-state index contributed by atoms with van der Waals surface area (Å²) < 4.78 is 34.2. The predicted octanol–water partition coefficient (Wildman–Crippen LogP) is 3.37. The van der Waals surface area contributed by atoms with E-state index in [9.17, 15) is 8.42 Å². The third-order valence-corrected chi connectivity index (χ3v) is 8.69. The average molecular weight is 543 g/mol. The topological polar surface area (TPSA) is 97.4 Å². The largest absolute Gasteiger partial charge is 0.419 e. The van der Waals surface area contributed by atoms with Gasteiger partial charge in [0.15, 0.2) is 0 Å². The van der Waals surface area contributed by atoms with E-state index in [1.807, 2.05) is 6.07 Å². The van der Waals surface area contributed by atoms with Crippen LogP contribution in [0.2, 0.25) is 0 Å². The molecule has 11 heteroatoms. The zero-order valence-corrected chi connectivity index (χ0v) is 20.7. The molecule has 176 valence electrons. The standard InChI is InChI=1S/C23H23BrN6O3S/c24-16-11-19(20-13-25-30(21(20)12-16)34(31,32)18-6-2-1-3-7-18)23-27-26-22(33-23)15-28-9-10-29-8-4-5-17(29)14-28/h1-3,6-7,11-13,17H,4-5,8-10,14-15H2/t17-/m0/s1. The maximum Gasteiger partial charge on any atom is 0.283 e. The molecule has 0 unspecified atom stereocenters. The molecule has 0 amide bonds. The molecule has 0 N–H and O–H groups in total. The zero-order valence-electron chi connectivity index (χ0n) is 18.3. The minimum atomic E-state index is -3.85. The fourth-order valence-electron chi connectivity index (χ4n) is 4.95. The summed E-state index contributed by atoms with van der Waals surface area (Å²) in [5, 5.41) is 13.4. The molecule has 0 saturated carbocycles. The van der Waals surface area contributed by atoms with E-state index in [1.165, 1.54) is 25.6 Å². The molecule has 2 aliphatic heterocycles. The minimum Gasteiger partial charge on any atom is -0.419 e. The van der Waals surface area contributed by atoms with Gasteiger partial charge in [-0.1, -0.05) is 34.1 Å². The normalized spacial score (nSPS) is 19.6. The molecule has 2 aromatic heterocycles. The summed E-state index contributed by atoms with van der Waals surface area (Å²) in [4.78, 5) is 5.10. The van der Waals surface area contributed by atoms with Gasteiger partial charge < -0.3 is 4.42 Å². The van der Waals surface area contributed by atoms with Crippen LogP contribution in [-0.4, -0.2) is 69.8 Å². The lowest BCUT2D eigenvalue weighted by Crippen LogP contribution is -2.49. The number of halogens is 1. The van der Waals surface area contributed by atoms with Crippen molar-refractivity contribution in [2.24, 2.45) is 0 Å². The van der Waals surface area contributed by atoms with E-state index in [-0.39, 0.29) is 4.90 Å². The van der Waals surface area contributed by atoms with Crippen molar-refractivity contribution in [1.82, 2.24) is 29.2 Å². The zero-order chi connectivity index (χ0) is 23.3. The molecule has 2 aliphatic rings.